The normalized spacial score (nSPS) is 20.0. The molecule has 0 saturated carbocycles. The Kier molecular flexibility index (Phi) is 6.80. The summed E-state index contributed by atoms with van der Waals surface area (Å²) in [6, 6.07) is 8.26. The van der Waals surface area contributed by atoms with Crippen LogP contribution in [0.5, 0.6) is 0 Å². The van der Waals surface area contributed by atoms with Crippen LogP contribution in [0.1, 0.15) is 48.8 Å². The number of thiazole rings is 1. The van der Waals surface area contributed by atoms with Crippen molar-refractivity contribution >= 4 is 28.3 Å². The van der Waals surface area contributed by atoms with E-state index in [4.69, 9.17) is 0 Å². The second-order valence-corrected chi connectivity index (χ2v) is 8.67. The van der Waals surface area contributed by atoms with Crippen molar-refractivity contribution in [2.45, 2.75) is 40.3 Å². The van der Waals surface area contributed by atoms with Crippen LogP contribution in [0.25, 0.3) is 0 Å². The number of likely N-dealkylation sites (tertiary alicyclic amines) is 1. The Hall–Kier alpha value is -2.25. The van der Waals surface area contributed by atoms with Gasteiger partial charge in [0.1, 0.15) is 5.69 Å². The third-order valence-electron chi connectivity index (χ3n) is 4.92. The van der Waals surface area contributed by atoms with E-state index >= 15 is 0 Å². The molecule has 1 aromatic heterocycles. The minimum atomic E-state index is -0.233. The number of anilines is 1. The molecule has 1 aromatic carbocycles. The van der Waals surface area contributed by atoms with Gasteiger partial charge in [0.05, 0.1) is 0 Å². The number of nitrogens with one attached hydrogen (secondary N) is 2. The molecule has 1 aliphatic heterocycles. The molecule has 150 valence electrons. The van der Waals surface area contributed by atoms with Gasteiger partial charge in [-0.3, -0.25) is 14.5 Å². The van der Waals surface area contributed by atoms with Crippen LogP contribution in [0.15, 0.2) is 29.6 Å². The van der Waals surface area contributed by atoms with Crippen LogP contribution in [-0.4, -0.2) is 34.8 Å². The standard InChI is InChI=1S/C21H28N4O2S/c1-14-8-15(2)11-25(10-14)12-18-7-5-4-6-17(18)9-22-20(27)19-13-28-21(24-19)23-16(3)26/h4-7,13-15H,8-12H2,1-3H3,(H,22,27)(H,23,24,26). The summed E-state index contributed by atoms with van der Waals surface area (Å²) in [5, 5.41) is 7.64. The second-order valence-electron chi connectivity index (χ2n) is 7.81. The summed E-state index contributed by atoms with van der Waals surface area (Å²) in [5.41, 5.74) is 2.70. The zero-order chi connectivity index (χ0) is 20.1. The van der Waals surface area contributed by atoms with Crippen molar-refractivity contribution in [3.63, 3.8) is 0 Å². The Balaban J connectivity index is 1.61. The molecule has 2 atom stereocenters. The Bertz CT molecular complexity index is 825. The summed E-state index contributed by atoms with van der Waals surface area (Å²) < 4.78 is 0. The van der Waals surface area contributed by atoms with E-state index in [1.807, 2.05) is 6.07 Å². The van der Waals surface area contributed by atoms with Gasteiger partial charge in [0.2, 0.25) is 5.91 Å². The molecule has 2 amide bonds. The fourth-order valence-corrected chi connectivity index (χ4v) is 4.64. The van der Waals surface area contributed by atoms with E-state index in [0.717, 1.165) is 37.0 Å². The first-order chi connectivity index (χ1) is 13.4. The lowest BCUT2D eigenvalue weighted by Gasteiger charge is -2.35. The molecular weight excluding hydrogens is 372 g/mol. The summed E-state index contributed by atoms with van der Waals surface area (Å²) in [7, 11) is 0. The van der Waals surface area contributed by atoms with Crippen molar-refractivity contribution in [1.82, 2.24) is 15.2 Å². The van der Waals surface area contributed by atoms with E-state index in [-0.39, 0.29) is 11.8 Å². The fourth-order valence-electron chi connectivity index (χ4n) is 3.90. The highest BCUT2D eigenvalue weighted by atomic mass is 32.1. The van der Waals surface area contributed by atoms with Crippen LogP contribution in [-0.2, 0) is 17.9 Å². The molecular formula is C21H28N4O2S. The molecule has 28 heavy (non-hydrogen) atoms. The van der Waals surface area contributed by atoms with Crippen LogP contribution >= 0.6 is 11.3 Å². The number of carbonyl (C=O) groups is 2. The van der Waals surface area contributed by atoms with Gasteiger partial charge in [-0.15, -0.1) is 11.3 Å². The summed E-state index contributed by atoms with van der Waals surface area (Å²) in [5.74, 6) is 1.01. The number of amides is 2. The highest BCUT2D eigenvalue weighted by Gasteiger charge is 2.22. The zero-order valence-electron chi connectivity index (χ0n) is 16.7. The van der Waals surface area contributed by atoms with Crippen LogP contribution < -0.4 is 10.6 Å². The van der Waals surface area contributed by atoms with E-state index in [9.17, 15) is 9.59 Å². The van der Waals surface area contributed by atoms with Gasteiger partial charge in [0.25, 0.3) is 5.91 Å². The molecule has 2 aromatic rings. The number of hydrogen-bond acceptors (Lipinski definition) is 5. The number of rotatable bonds is 6. The zero-order valence-corrected chi connectivity index (χ0v) is 17.5. The van der Waals surface area contributed by atoms with Gasteiger partial charge in [-0.05, 0) is 29.4 Å². The van der Waals surface area contributed by atoms with Crippen molar-refractivity contribution in [3.8, 4) is 0 Å². The van der Waals surface area contributed by atoms with Crippen LogP contribution in [0.3, 0.4) is 0 Å². The number of hydrogen-bond donors (Lipinski definition) is 2. The van der Waals surface area contributed by atoms with Crippen LogP contribution in [0, 0.1) is 11.8 Å². The van der Waals surface area contributed by atoms with Gasteiger partial charge in [0, 0.05) is 38.5 Å². The highest BCUT2D eigenvalue weighted by molar-refractivity contribution is 7.14. The minimum absolute atomic E-state index is 0.198. The first-order valence-electron chi connectivity index (χ1n) is 9.71. The summed E-state index contributed by atoms with van der Waals surface area (Å²) in [4.78, 5) is 30.2. The number of aromatic nitrogens is 1. The van der Waals surface area contributed by atoms with Gasteiger partial charge >= 0.3 is 0 Å². The molecule has 1 aliphatic rings. The van der Waals surface area contributed by atoms with Crippen molar-refractivity contribution in [3.05, 3.63) is 46.5 Å². The van der Waals surface area contributed by atoms with Crippen LogP contribution in [0.2, 0.25) is 0 Å². The second kappa shape index (κ2) is 9.30. The molecule has 0 spiro atoms. The highest BCUT2D eigenvalue weighted by Crippen LogP contribution is 2.23. The summed E-state index contributed by atoms with van der Waals surface area (Å²) in [6.07, 6.45) is 1.29. The van der Waals surface area contributed by atoms with E-state index in [1.54, 1.807) is 5.38 Å². The van der Waals surface area contributed by atoms with Crippen molar-refractivity contribution < 1.29 is 9.59 Å². The van der Waals surface area contributed by atoms with E-state index in [2.05, 4.69) is 52.6 Å². The Morgan fingerprint density at radius 3 is 2.54 bits per heavy atom. The van der Waals surface area contributed by atoms with Gasteiger partial charge in [-0.1, -0.05) is 38.1 Å². The fraction of sp³-hybridized carbons (Fsp3) is 0.476. The molecule has 1 saturated heterocycles. The average Bonchev–Trinajstić information content (AvgIpc) is 3.07. The number of benzene rings is 1. The molecule has 1 fully saturated rings. The van der Waals surface area contributed by atoms with Crippen molar-refractivity contribution in [1.29, 1.82) is 0 Å². The topological polar surface area (TPSA) is 74.3 Å². The number of nitrogens with zero attached hydrogens (tertiary/aromatic N) is 2. The van der Waals surface area contributed by atoms with Gasteiger partial charge in [0.15, 0.2) is 5.13 Å². The quantitative estimate of drug-likeness (QED) is 0.778. The predicted molar refractivity (Wildman–Crippen MR) is 112 cm³/mol. The summed E-state index contributed by atoms with van der Waals surface area (Å²) in [6.45, 7) is 9.66. The maximum absolute atomic E-state index is 12.4. The molecule has 0 radical (unpaired) electrons. The molecule has 0 aliphatic carbocycles. The van der Waals surface area contributed by atoms with Gasteiger partial charge in [-0.2, -0.15) is 0 Å². The smallest absolute Gasteiger partial charge is 0.271 e. The molecule has 2 unspecified atom stereocenters. The molecule has 0 bridgehead atoms. The maximum Gasteiger partial charge on any atom is 0.271 e. The van der Waals surface area contributed by atoms with Crippen LogP contribution in [0.4, 0.5) is 5.13 Å². The predicted octanol–water partition coefficient (Wildman–Crippen LogP) is 3.51. The summed E-state index contributed by atoms with van der Waals surface area (Å²) >= 11 is 1.24. The van der Waals surface area contributed by atoms with E-state index in [0.29, 0.717) is 17.4 Å². The molecule has 2 heterocycles. The Morgan fingerprint density at radius 1 is 1.18 bits per heavy atom. The first kappa shape index (κ1) is 20.5. The van der Waals surface area contributed by atoms with Gasteiger partial charge < -0.3 is 10.6 Å². The molecule has 3 rings (SSSR count). The van der Waals surface area contributed by atoms with Crippen molar-refractivity contribution in [2.75, 3.05) is 18.4 Å². The minimum Gasteiger partial charge on any atom is -0.347 e. The number of carbonyl (C=O) groups excluding carboxylic acids is 2. The van der Waals surface area contributed by atoms with E-state index < -0.39 is 0 Å². The average molecular weight is 401 g/mol. The maximum atomic E-state index is 12.4. The lowest BCUT2D eigenvalue weighted by Crippen LogP contribution is -2.38. The molecule has 6 nitrogen and oxygen atoms in total. The number of piperidine rings is 1. The lowest BCUT2D eigenvalue weighted by molar-refractivity contribution is -0.114. The Morgan fingerprint density at radius 2 is 1.86 bits per heavy atom. The van der Waals surface area contributed by atoms with Crippen molar-refractivity contribution in [2.24, 2.45) is 11.8 Å². The Labute approximate surface area is 170 Å². The third kappa shape index (κ3) is 5.62. The largest absolute Gasteiger partial charge is 0.347 e. The lowest BCUT2D eigenvalue weighted by atomic mass is 9.91. The first-order valence-corrected chi connectivity index (χ1v) is 10.6. The monoisotopic (exact) mass is 400 g/mol. The SMILES string of the molecule is CC(=O)Nc1nc(C(=O)NCc2ccccc2CN2CC(C)CC(C)C2)cs1. The van der Waals surface area contributed by atoms with E-state index in [1.165, 1.54) is 30.2 Å². The molecule has 7 heteroatoms. The van der Waals surface area contributed by atoms with Gasteiger partial charge in [-0.25, -0.2) is 4.98 Å². The third-order valence-corrected chi connectivity index (χ3v) is 5.67. The molecule has 2 N–H and O–H groups in total.